The summed E-state index contributed by atoms with van der Waals surface area (Å²) < 4.78 is 0. The number of Topliss-reactive ketones (excluding diaryl/α,β-unsaturated/α-hetero) is 1. The van der Waals surface area contributed by atoms with Gasteiger partial charge in [0.2, 0.25) is 0 Å². The second kappa shape index (κ2) is 6.34. The van der Waals surface area contributed by atoms with E-state index in [2.05, 4.69) is 12.3 Å². The van der Waals surface area contributed by atoms with Gasteiger partial charge in [-0.1, -0.05) is 74.0 Å². The van der Waals surface area contributed by atoms with E-state index < -0.39 is 17.2 Å². The monoisotopic (exact) mass is 308 g/mol. The molecule has 118 valence electrons. The predicted octanol–water partition coefficient (Wildman–Crippen LogP) is 2.65. The second-order valence-corrected chi connectivity index (χ2v) is 5.72. The van der Waals surface area contributed by atoms with Crippen LogP contribution in [-0.2, 0) is 15.1 Å². The number of carbonyl (C=O) groups excluding carboxylic acids is 2. The Hall–Kier alpha value is -2.46. The van der Waals surface area contributed by atoms with Crippen molar-refractivity contribution in [3.63, 3.8) is 0 Å². The van der Waals surface area contributed by atoms with Gasteiger partial charge in [0.15, 0.2) is 5.54 Å². The molecule has 1 aliphatic rings. The maximum absolute atomic E-state index is 12.9. The fraction of sp³-hybridized carbons (Fsp3) is 0.263. The van der Waals surface area contributed by atoms with Crippen molar-refractivity contribution in [2.45, 2.75) is 25.3 Å². The molecule has 4 heteroatoms. The van der Waals surface area contributed by atoms with Gasteiger partial charge in [-0.05, 0) is 17.5 Å². The molecule has 0 bridgehead atoms. The molecule has 0 aliphatic carbocycles. The van der Waals surface area contributed by atoms with E-state index in [1.165, 1.54) is 0 Å². The number of benzene rings is 2. The topological polar surface area (TPSA) is 49.4 Å². The molecule has 1 N–H and O–H groups in total. The van der Waals surface area contributed by atoms with E-state index in [1.54, 1.807) is 5.01 Å². The lowest BCUT2D eigenvalue weighted by Gasteiger charge is -2.36. The van der Waals surface area contributed by atoms with E-state index in [0.29, 0.717) is 6.54 Å². The first-order chi connectivity index (χ1) is 11.2. The molecular weight excluding hydrogens is 288 g/mol. The largest absolute Gasteiger partial charge is 0.304 e. The summed E-state index contributed by atoms with van der Waals surface area (Å²) in [7, 11) is 0. The number of hydrogen-bond acceptors (Lipinski definition) is 3. The van der Waals surface area contributed by atoms with Crippen molar-refractivity contribution >= 4 is 11.7 Å². The fourth-order valence-electron chi connectivity index (χ4n) is 3.18. The van der Waals surface area contributed by atoms with Gasteiger partial charge in [0.25, 0.3) is 5.78 Å². The number of rotatable bonds is 5. The number of ketones is 1. The van der Waals surface area contributed by atoms with E-state index in [0.717, 1.165) is 24.0 Å². The number of hydrogen-bond donors (Lipinski definition) is 1. The standard InChI is InChI=1S/C19H20N2O2/c1-2-3-14-21-19(17(22)18(23)20-21,15-10-6-4-7-11-15)16-12-8-5-9-13-16/h4-13H,2-3,14H2,1H3,(H,20,23). The van der Waals surface area contributed by atoms with Crippen LogP contribution in [0.1, 0.15) is 30.9 Å². The lowest BCUT2D eigenvalue weighted by Crippen LogP contribution is -2.50. The normalized spacial score (nSPS) is 17.3. The Morgan fingerprint density at radius 2 is 1.43 bits per heavy atom. The van der Waals surface area contributed by atoms with E-state index in [1.807, 2.05) is 60.7 Å². The molecule has 0 unspecified atom stereocenters. The van der Waals surface area contributed by atoms with Gasteiger partial charge in [-0.15, -0.1) is 0 Å². The predicted molar refractivity (Wildman–Crippen MR) is 88.4 cm³/mol. The van der Waals surface area contributed by atoms with Gasteiger partial charge in [0.1, 0.15) is 0 Å². The van der Waals surface area contributed by atoms with Crippen molar-refractivity contribution < 1.29 is 9.59 Å². The molecule has 1 amide bonds. The molecule has 4 nitrogen and oxygen atoms in total. The molecule has 1 fully saturated rings. The van der Waals surface area contributed by atoms with Gasteiger partial charge >= 0.3 is 5.91 Å². The highest BCUT2D eigenvalue weighted by atomic mass is 16.2. The minimum atomic E-state index is -1.09. The van der Waals surface area contributed by atoms with Crippen LogP contribution >= 0.6 is 0 Å². The molecule has 0 spiro atoms. The Kier molecular flexibility index (Phi) is 4.26. The lowest BCUT2D eigenvalue weighted by molar-refractivity contribution is -0.136. The van der Waals surface area contributed by atoms with Crippen LogP contribution in [0.25, 0.3) is 0 Å². The molecule has 2 aromatic rings. The van der Waals surface area contributed by atoms with Crippen LogP contribution in [0.4, 0.5) is 0 Å². The zero-order chi connectivity index (χ0) is 16.3. The van der Waals surface area contributed by atoms with Crippen molar-refractivity contribution in [3.8, 4) is 0 Å². The second-order valence-electron chi connectivity index (χ2n) is 5.72. The Labute approximate surface area is 136 Å². The number of amides is 1. The summed E-state index contributed by atoms with van der Waals surface area (Å²) in [4.78, 5) is 25.2. The summed E-state index contributed by atoms with van der Waals surface area (Å²) in [5.41, 5.74) is 3.30. The summed E-state index contributed by atoms with van der Waals surface area (Å²) in [5.74, 6) is -0.972. The van der Waals surface area contributed by atoms with Gasteiger partial charge < -0.3 is 0 Å². The third kappa shape index (κ3) is 2.45. The van der Waals surface area contributed by atoms with E-state index in [4.69, 9.17) is 0 Å². The van der Waals surface area contributed by atoms with Crippen LogP contribution in [0, 0.1) is 0 Å². The van der Waals surface area contributed by atoms with Crippen molar-refractivity contribution in [1.29, 1.82) is 0 Å². The Bertz CT molecular complexity index is 658. The molecular formula is C19H20N2O2. The van der Waals surface area contributed by atoms with Crippen molar-refractivity contribution in [3.05, 3.63) is 71.8 Å². The van der Waals surface area contributed by atoms with Crippen molar-refractivity contribution in [2.75, 3.05) is 6.54 Å². The molecule has 0 radical (unpaired) electrons. The summed E-state index contributed by atoms with van der Waals surface area (Å²) >= 11 is 0. The SMILES string of the molecule is CCCCN1NC(=O)C(=O)C1(c1ccccc1)c1ccccc1. The number of nitrogens with zero attached hydrogens (tertiary/aromatic N) is 1. The molecule has 0 atom stereocenters. The minimum Gasteiger partial charge on any atom is -0.286 e. The Balaban J connectivity index is 2.21. The number of hydrazine groups is 1. The average molecular weight is 308 g/mol. The molecule has 0 aromatic heterocycles. The molecule has 3 rings (SSSR count). The van der Waals surface area contributed by atoms with Crippen molar-refractivity contribution in [2.24, 2.45) is 0 Å². The van der Waals surface area contributed by atoms with Crippen LogP contribution in [0.15, 0.2) is 60.7 Å². The number of carbonyl (C=O) groups is 2. The maximum atomic E-state index is 12.9. The first kappa shape index (κ1) is 15.4. The molecule has 1 saturated heterocycles. The summed E-state index contributed by atoms with van der Waals surface area (Å²) in [5, 5.41) is 1.80. The highest BCUT2D eigenvalue weighted by Gasteiger charge is 2.55. The minimum absolute atomic E-state index is 0.425. The van der Waals surface area contributed by atoms with Crippen LogP contribution in [0.2, 0.25) is 0 Å². The summed E-state index contributed by atoms with van der Waals surface area (Å²) in [6, 6.07) is 19.0. The van der Waals surface area contributed by atoms with Gasteiger partial charge in [-0.3, -0.25) is 15.0 Å². The summed E-state index contributed by atoms with van der Waals surface area (Å²) in [6.45, 7) is 2.71. The van der Waals surface area contributed by atoms with Gasteiger partial charge in [0, 0.05) is 6.54 Å². The van der Waals surface area contributed by atoms with Gasteiger partial charge in [0.05, 0.1) is 0 Å². The first-order valence-corrected chi connectivity index (χ1v) is 7.95. The highest BCUT2D eigenvalue weighted by molar-refractivity contribution is 6.42. The van der Waals surface area contributed by atoms with Crippen LogP contribution < -0.4 is 5.43 Å². The molecule has 1 heterocycles. The average Bonchev–Trinajstić information content (AvgIpc) is 2.86. The fourth-order valence-corrected chi connectivity index (χ4v) is 3.18. The quantitative estimate of drug-likeness (QED) is 0.864. The third-order valence-corrected chi connectivity index (χ3v) is 4.29. The van der Waals surface area contributed by atoms with E-state index >= 15 is 0 Å². The van der Waals surface area contributed by atoms with Crippen LogP contribution in [-0.4, -0.2) is 23.2 Å². The zero-order valence-electron chi connectivity index (χ0n) is 13.2. The van der Waals surface area contributed by atoms with Crippen molar-refractivity contribution in [1.82, 2.24) is 10.4 Å². The third-order valence-electron chi connectivity index (χ3n) is 4.29. The van der Waals surface area contributed by atoms with Gasteiger partial charge in [-0.25, -0.2) is 0 Å². The number of nitrogens with one attached hydrogen (secondary N) is 1. The lowest BCUT2D eigenvalue weighted by atomic mass is 9.79. The Morgan fingerprint density at radius 3 is 1.91 bits per heavy atom. The smallest absolute Gasteiger partial charge is 0.286 e. The van der Waals surface area contributed by atoms with Crippen LogP contribution in [0.3, 0.4) is 0 Å². The van der Waals surface area contributed by atoms with E-state index in [-0.39, 0.29) is 0 Å². The first-order valence-electron chi connectivity index (χ1n) is 7.95. The van der Waals surface area contributed by atoms with E-state index in [9.17, 15) is 9.59 Å². The van der Waals surface area contributed by atoms with Crippen LogP contribution in [0.5, 0.6) is 0 Å². The summed E-state index contributed by atoms with van der Waals surface area (Å²) in [6.07, 6.45) is 1.88. The molecule has 0 saturated carbocycles. The molecule has 2 aromatic carbocycles. The highest BCUT2D eigenvalue weighted by Crippen LogP contribution is 2.39. The maximum Gasteiger partial charge on any atom is 0.304 e. The number of unbranched alkanes of at least 4 members (excludes halogenated alkanes) is 1. The Morgan fingerprint density at radius 1 is 0.913 bits per heavy atom. The zero-order valence-corrected chi connectivity index (χ0v) is 13.2. The molecule has 1 aliphatic heterocycles. The molecule has 23 heavy (non-hydrogen) atoms. The van der Waals surface area contributed by atoms with Gasteiger partial charge in [-0.2, -0.15) is 5.01 Å².